The lowest BCUT2D eigenvalue weighted by atomic mass is 10.4. The van der Waals surface area contributed by atoms with Crippen molar-refractivity contribution in [1.82, 2.24) is 10.6 Å². The number of rotatable bonds is 0. The third-order valence-electron chi connectivity index (χ3n) is 0.927. The number of halogens is 1. The summed E-state index contributed by atoms with van der Waals surface area (Å²) in [5, 5.41) is 5.62. The molecule has 1 aliphatic rings. The van der Waals surface area contributed by atoms with E-state index in [4.69, 9.17) is 0 Å². The normalized spacial score (nSPS) is 29.6. The van der Waals surface area contributed by atoms with Gasteiger partial charge in [0.2, 0.25) is 5.91 Å². The predicted molar refractivity (Wildman–Crippen MR) is 33.7 cm³/mol. The van der Waals surface area contributed by atoms with Gasteiger partial charge >= 0.3 is 0 Å². The van der Waals surface area contributed by atoms with Gasteiger partial charge in [0.1, 0.15) is 0 Å². The summed E-state index contributed by atoms with van der Waals surface area (Å²) in [6.45, 7) is 1.26. The number of nitrogens with one attached hydrogen (secondary N) is 2. The summed E-state index contributed by atoms with van der Waals surface area (Å²) < 4.78 is 0. The van der Waals surface area contributed by atoms with Gasteiger partial charge in [0, 0.05) is 6.54 Å². The zero-order valence-electron chi connectivity index (χ0n) is 4.28. The summed E-state index contributed by atoms with van der Waals surface area (Å²) in [4.78, 5) is 10.6. The molecule has 4 heteroatoms. The molecule has 1 heterocycles. The van der Waals surface area contributed by atoms with Crippen LogP contribution in [0.2, 0.25) is 0 Å². The molecule has 8 heavy (non-hydrogen) atoms. The van der Waals surface area contributed by atoms with Crippen LogP contribution >= 0.6 is 15.9 Å². The number of hydrogen-bond acceptors (Lipinski definition) is 2. The van der Waals surface area contributed by atoms with Crippen LogP contribution in [-0.2, 0) is 4.79 Å². The van der Waals surface area contributed by atoms with Crippen LogP contribution in [0.1, 0.15) is 0 Å². The van der Waals surface area contributed by atoms with E-state index >= 15 is 0 Å². The first-order valence-corrected chi connectivity index (χ1v) is 3.35. The van der Waals surface area contributed by atoms with E-state index in [2.05, 4.69) is 26.6 Å². The Labute approximate surface area is 56.0 Å². The summed E-state index contributed by atoms with van der Waals surface area (Å²) in [7, 11) is 0. The Balaban J connectivity index is 2.34. The van der Waals surface area contributed by atoms with Crippen molar-refractivity contribution in [3.05, 3.63) is 0 Å². The molecule has 0 saturated carbocycles. The van der Waals surface area contributed by atoms with Gasteiger partial charge in [-0.1, -0.05) is 15.9 Å². The summed E-state index contributed by atoms with van der Waals surface area (Å²) in [5.74, 6) is 0.0538. The van der Waals surface area contributed by atoms with Crippen LogP contribution in [-0.4, -0.2) is 23.9 Å². The van der Waals surface area contributed by atoms with Gasteiger partial charge in [-0.05, 0) is 0 Å². The topological polar surface area (TPSA) is 41.1 Å². The lowest BCUT2D eigenvalue weighted by Gasteiger charge is -2.18. The first kappa shape index (κ1) is 6.04. The average Bonchev–Trinajstić information content (AvgIpc) is 1.64. The smallest absolute Gasteiger partial charge is 0.234 e. The number of piperazine rings is 1. The van der Waals surface area contributed by atoms with E-state index in [-0.39, 0.29) is 10.9 Å². The van der Waals surface area contributed by atoms with Gasteiger partial charge in [0.25, 0.3) is 0 Å². The molecule has 1 amide bonds. The Kier molecular flexibility index (Phi) is 1.85. The first-order chi connectivity index (χ1) is 3.79. The lowest BCUT2D eigenvalue weighted by molar-refractivity contribution is -0.121. The van der Waals surface area contributed by atoms with Crippen LogP contribution < -0.4 is 10.6 Å². The van der Waals surface area contributed by atoms with E-state index in [1.807, 2.05) is 0 Å². The summed E-state index contributed by atoms with van der Waals surface area (Å²) >= 11 is 3.23. The zero-order valence-corrected chi connectivity index (χ0v) is 5.86. The predicted octanol–water partition coefficient (Wildman–Crippen LogP) is -0.573. The highest BCUT2D eigenvalue weighted by Crippen LogP contribution is 1.94. The maximum Gasteiger partial charge on any atom is 0.234 e. The first-order valence-electron chi connectivity index (χ1n) is 2.43. The summed E-state index contributed by atoms with van der Waals surface area (Å²) in [5.41, 5.74) is 0. The largest absolute Gasteiger partial charge is 0.341 e. The highest BCUT2D eigenvalue weighted by atomic mass is 79.9. The second-order valence-electron chi connectivity index (χ2n) is 1.67. The molecule has 0 aromatic heterocycles. The Morgan fingerprint density at radius 1 is 1.75 bits per heavy atom. The maximum absolute atomic E-state index is 10.5. The van der Waals surface area contributed by atoms with Crippen LogP contribution in [0.3, 0.4) is 0 Å². The molecule has 1 saturated heterocycles. The van der Waals surface area contributed by atoms with Gasteiger partial charge in [-0.15, -0.1) is 0 Å². The van der Waals surface area contributed by atoms with Gasteiger partial charge in [-0.25, -0.2) is 0 Å². The molecule has 1 atom stereocenters. The van der Waals surface area contributed by atoms with Crippen LogP contribution in [0.25, 0.3) is 0 Å². The highest BCUT2D eigenvalue weighted by molar-refractivity contribution is 9.09. The fraction of sp³-hybridized carbons (Fsp3) is 0.750. The van der Waals surface area contributed by atoms with Crippen molar-refractivity contribution >= 4 is 21.8 Å². The monoisotopic (exact) mass is 178 g/mol. The number of alkyl halides is 1. The molecule has 0 aliphatic carbocycles. The molecule has 0 aromatic rings. The van der Waals surface area contributed by atoms with Crippen LogP contribution in [0.5, 0.6) is 0 Å². The van der Waals surface area contributed by atoms with E-state index in [0.29, 0.717) is 6.54 Å². The Morgan fingerprint density at radius 3 is 2.88 bits per heavy atom. The molecule has 3 nitrogen and oxygen atoms in total. The third-order valence-corrected chi connectivity index (χ3v) is 1.48. The van der Waals surface area contributed by atoms with E-state index in [1.165, 1.54) is 0 Å². The van der Waals surface area contributed by atoms with Crippen molar-refractivity contribution in [2.45, 2.75) is 4.95 Å². The van der Waals surface area contributed by atoms with E-state index < -0.39 is 0 Å². The molecule has 46 valence electrons. The van der Waals surface area contributed by atoms with E-state index in [0.717, 1.165) is 6.54 Å². The Hall–Kier alpha value is -0.0900. The molecular formula is C4H7BrN2O. The molecule has 2 N–H and O–H groups in total. The number of carbonyl (C=O) groups is 1. The van der Waals surface area contributed by atoms with Crippen LogP contribution in [0, 0.1) is 0 Å². The maximum atomic E-state index is 10.5. The molecule has 1 aliphatic heterocycles. The van der Waals surface area contributed by atoms with E-state index in [9.17, 15) is 4.79 Å². The molecule has 1 rings (SSSR count). The Bertz CT molecular complexity index is 106. The van der Waals surface area contributed by atoms with Crippen molar-refractivity contribution in [2.75, 3.05) is 13.1 Å². The molecular weight excluding hydrogens is 172 g/mol. The minimum Gasteiger partial charge on any atom is -0.341 e. The lowest BCUT2D eigenvalue weighted by Crippen LogP contribution is -2.49. The van der Waals surface area contributed by atoms with Crippen LogP contribution in [0.15, 0.2) is 0 Å². The minimum absolute atomic E-state index is 0.0538. The van der Waals surface area contributed by atoms with Gasteiger partial charge in [0.05, 0.1) is 11.5 Å². The average molecular weight is 179 g/mol. The van der Waals surface area contributed by atoms with Gasteiger partial charge in [0.15, 0.2) is 0 Å². The van der Waals surface area contributed by atoms with Crippen LogP contribution in [0.4, 0.5) is 0 Å². The molecule has 1 unspecified atom stereocenters. The van der Waals surface area contributed by atoms with Crippen molar-refractivity contribution < 1.29 is 4.79 Å². The number of amides is 1. The van der Waals surface area contributed by atoms with Gasteiger partial charge in [-0.2, -0.15) is 0 Å². The summed E-state index contributed by atoms with van der Waals surface area (Å²) in [6.07, 6.45) is 0. The molecule has 1 fully saturated rings. The fourth-order valence-corrected chi connectivity index (χ4v) is 1.07. The molecule has 0 bridgehead atoms. The second kappa shape index (κ2) is 2.46. The fourth-order valence-electron chi connectivity index (χ4n) is 0.589. The number of carbonyl (C=O) groups excluding carboxylic acids is 1. The minimum atomic E-state index is 0.0538. The standard InChI is InChI=1S/C4H7BrN2O/c5-3-1-6-2-4(8)7-3/h3,6H,1-2H2,(H,7,8). The van der Waals surface area contributed by atoms with Gasteiger partial charge < -0.3 is 10.6 Å². The second-order valence-corrected chi connectivity index (χ2v) is 2.77. The van der Waals surface area contributed by atoms with Gasteiger partial charge in [-0.3, -0.25) is 4.79 Å². The summed E-state index contributed by atoms with van der Waals surface area (Å²) in [6, 6.07) is 0. The molecule has 0 radical (unpaired) electrons. The third kappa shape index (κ3) is 1.45. The quantitative estimate of drug-likeness (QED) is 0.386. The SMILES string of the molecule is O=C1CNCC(Br)N1. The number of hydrogen-bond donors (Lipinski definition) is 2. The van der Waals surface area contributed by atoms with Crippen molar-refractivity contribution in [3.63, 3.8) is 0 Å². The highest BCUT2D eigenvalue weighted by Gasteiger charge is 2.12. The van der Waals surface area contributed by atoms with Crippen molar-refractivity contribution in [2.24, 2.45) is 0 Å². The zero-order chi connectivity index (χ0) is 5.98. The Morgan fingerprint density at radius 2 is 2.50 bits per heavy atom. The van der Waals surface area contributed by atoms with Crippen molar-refractivity contribution in [1.29, 1.82) is 0 Å². The molecule has 0 aromatic carbocycles. The van der Waals surface area contributed by atoms with Crippen molar-refractivity contribution in [3.8, 4) is 0 Å². The molecule has 0 spiro atoms. The van der Waals surface area contributed by atoms with E-state index in [1.54, 1.807) is 0 Å².